The van der Waals surface area contributed by atoms with Crippen molar-refractivity contribution in [1.29, 1.82) is 0 Å². The monoisotopic (exact) mass is 354 g/mol. The maximum atomic E-state index is 8.14. The van der Waals surface area contributed by atoms with Crippen LogP contribution in [-0.4, -0.2) is 23.4 Å². The largest absolute Gasteiger partial charge is 2.00 e. The van der Waals surface area contributed by atoms with Gasteiger partial charge in [0.1, 0.15) is 0 Å². The van der Waals surface area contributed by atoms with Gasteiger partial charge in [-0.25, -0.2) is 0 Å². The predicted octanol–water partition coefficient (Wildman–Crippen LogP) is -4.73. The van der Waals surface area contributed by atoms with Crippen molar-refractivity contribution < 1.29 is 65.9 Å². The van der Waals surface area contributed by atoms with E-state index >= 15 is 0 Å². The van der Waals surface area contributed by atoms with Crippen LogP contribution in [0.3, 0.4) is 0 Å². The zero-order valence-electron chi connectivity index (χ0n) is 8.72. The molecule has 0 radical (unpaired) electrons. The van der Waals surface area contributed by atoms with Crippen molar-refractivity contribution in [2.45, 2.75) is 27.7 Å². The Morgan fingerprint density at radius 2 is 0.846 bits per heavy atom. The molecule has 0 aromatic heterocycles. The molecule has 0 spiro atoms. The number of halogens is 2. The van der Waals surface area contributed by atoms with Crippen LogP contribution in [0.2, 0.25) is 0 Å². The van der Waals surface area contributed by atoms with Crippen molar-refractivity contribution in [2.75, 3.05) is 13.2 Å². The van der Waals surface area contributed by atoms with Gasteiger partial charge in [0.15, 0.2) is 0 Å². The van der Waals surface area contributed by atoms with Crippen molar-refractivity contribution >= 4 is 0 Å². The molecule has 0 amide bonds. The van der Waals surface area contributed by atoms with Crippen LogP contribution in [-0.2, 0) is 21.7 Å². The molecular weight excluding hydrogens is 336 g/mol. The fourth-order valence-corrected chi connectivity index (χ4v) is 0. The van der Waals surface area contributed by atoms with Crippen LogP contribution in [0.25, 0.3) is 0 Å². The molecule has 5 heteroatoms. The molecule has 2 nitrogen and oxygen atoms in total. The number of aliphatic hydroxyl groups excluding tert-OH is 2. The number of hydrogen-bond donors (Lipinski definition) is 2. The van der Waals surface area contributed by atoms with Gasteiger partial charge in [-0.2, -0.15) is 0 Å². The summed E-state index contributed by atoms with van der Waals surface area (Å²) in [4.78, 5) is 0. The standard InChI is InChI=1S/2C4H10O.2BrH.Ti/c2*1-4(2)3-5;;;/h2*4-5H,3H2,1-2H3;2*1H;/q;;;;+2/p-2. The van der Waals surface area contributed by atoms with E-state index in [4.69, 9.17) is 10.2 Å². The Labute approximate surface area is 118 Å². The Bertz CT molecular complexity index is 56.1. The summed E-state index contributed by atoms with van der Waals surface area (Å²) in [5, 5.41) is 16.3. The molecule has 0 bridgehead atoms. The van der Waals surface area contributed by atoms with Crippen molar-refractivity contribution in [3.05, 3.63) is 0 Å². The first kappa shape index (κ1) is 29.3. The Hall–Kier alpha value is 1.59. The van der Waals surface area contributed by atoms with E-state index in [1.54, 1.807) is 0 Å². The average Bonchev–Trinajstić information content (AvgIpc) is 1.89. The summed E-state index contributed by atoms with van der Waals surface area (Å²) < 4.78 is 0. The molecule has 13 heavy (non-hydrogen) atoms. The van der Waals surface area contributed by atoms with E-state index in [0.717, 1.165) is 0 Å². The molecule has 0 aromatic rings. The molecule has 2 N–H and O–H groups in total. The van der Waals surface area contributed by atoms with Crippen molar-refractivity contribution in [2.24, 2.45) is 11.8 Å². The van der Waals surface area contributed by atoms with Crippen LogP contribution in [0.15, 0.2) is 0 Å². The normalized spacial score (nSPS) is 7.38. The van der Waals surface area contributed by atoms with Gasteiger partial charge in [0, 0.05) is 13.2 Å². The maximum absolute atomic E-state index is 8.14. The fourth-order valence-electron chi connectivity index (χ4n) is 0. The molecule has 0 fully saturated rings. The van der Waals surface area contributed by atoms with Gasteiger partial charge in [-0.15, -0.1) is 0 Å². The summed E-state index contributed by atoms with van der Waals surface area (Å²) in [7, 11) is 0. The number of rotatable bonds is 2. The van der Waals surface area contributed by atoms with Crippen molar-refractivity contribution in [3.8, 4) is 0 Å². The molecule has 0 atom stereocenters. The number of hydrogen-bond acceptors (Lipinski definition) is 2. The second-order valence-electron chi connectivity index (χ2n) is 3.15. The molecule has 0 rings (SSSR count). The topological polar surface area (TPSA) is 40.5 Å². The zero-order chi connectivity index (χ0) is 8.57. The quantitative estimate of drug-likeness (QED) is 0.489. The van der Waals surface area contributed by atoms with Crippen LogP contribution in [0, 0.1) is 11.8 Å². The van der Waals surface area contributed by atoms with E-state index < -0.39 is 0 Å². The van der Waals surface area contributed by atoms with Gasteiger partial charge in [0.25, 0.3) is 0 Å². The Morgan fingerprint density at radius 3 is 0.846 bits per heavy atom. The van der Waals surface area contributed by atoms with Crippen LogP contribution >= 0.6 is 0 Å². The Balaban J connectivity index is -0.0000000267. The van der Waals surface area contributed by atoms with E-state index in [1.165, 1.54) is 0 Å². The summed E-state index contributed by atoms with van der Waals surface area (Å²) >= 11 is 0. The molecule has 0 saturated carbocycles. The molecule has 0 aliphatic rings. The fraction of sp³-hybridized carbons (Fsp3) is 1.00. The number of aliphatic hydroxyl groups is 2. The summed E-state index contributed by atoms with van der Waals surface area (Å²) in [6.07, 6.45) is 0. The van der Waals surface area contributed by atoms with E-state index in [0.29, 0.717) is 25.0 Å². The van der Waals surface area contributed by atoms with E-state index in [2.05, 4.69) is 0 Å². The third-order valence-corrected chi connectivity index (χ3v) is 0.730. The Morgan fingerprint density at radius 1 is 0.769 bits per heavy atom. The molecule has 0 aliphatic carbocycles. The van der Waals surface area contributed by atoms with Crippen LogP contribution in [0.5, 0.6) is 0 Å². The van der Waals surface area contributed by atoms with Gasteiger partial charge in [0.05, 0.1) is 0 Å². The maximum Gasteiger partial charge on any atom is 2.00 e. The van der Waals surface area contributed by atoms with Gasteiger partial charge in [-0.1, -0.05) is 27.7 Å². The van der Waals surface area contributed by atoms with Gasteiger partial charge in [-0.3, -0.25) is 0 Å². The second-order valence-corrected chi connectivity index (χ2v) is 3.15. The predicted molar refractivity (Wildman–Crippen MR) is 43.8 cm³/mol. The Kier molecular flexibility index (Phi) is 52.8. The SMILES string of the molecule is CC(C)CO.CC(C)CO.[Br-].[Br-].[Ti+2]. The first-order chi connectivity index (χ1) is 4.54. The van der Waals surface area contributed by atoms with E-state index in [9.17, 15) is 0 Å². The molecular formula is C8H20Br2O2Ti. The first-order valence-corrected chi connectivity index (χ1v) is 3.76. The molecule has 0 aromatic carbocycles. The van der Waals surface area contributed by atoms with E-state index in [1.807, 2.05) is 27.7 Å². The van der Waals surface area contributed by atoms with Crippen LogP contribution < -0.4 is 34.0 Å². The molecule has 0 saturated heterocycles. The molecule has 0 heterocycles. The molecule has 82 valence electrons. The van der Waals surface area contributed by atoms with Crippen LogP contribution in [0.1, 0.15) is 27.7 Å². The minimum Gasteiger partial charge on any atom is -1.00 e. The molecule has 0 unspecified atom stereocenters. The van der Waals surface area contributed by atoms with E-state index in [-0.39, 0.29) is 55.7 Å². The summed E-state index contributed by atoms with van der Waals surface area (Å²) in [6.45, 7) is 8.50. The van der Waals surface area contributed by atoms with Crippen LogP contribution in [0.4, 0.5) is 0 Å². The summed E-state index contributed by atoms with van der Waals surface area (Å²) in [6, 6.07) is 0. The zero-order valence-corrected chi connectivity index (χ0v) is 13.5. The summed E-state index contributed by atoms with van der Waals surface area (Å²) in [5.41, 5.74) is 0. The third-order valence-electron chi connectivity index (χ3n) is 0.730. The van der Waals surface area contributed by atoms with Crippen molar-refractivity contribution in [1.82, 2.24) is 0 Å². The molecule has 0 aliphatic heterocycles. The van der Waals surface area contributed by atoms with Gasteiger partial charge in [-0.05, 0) is 11.8 Å². The summed E-state index contributed by atoms with van der Waals surface area (Å²) in [5.74, 6) is 0.880. The smallest absolute Gasteiger partial charge is 1.00 e. The van der Waals surface area contributed by atoms with Gasteiger partial charge < -0.3 is 44.2 Å². The van der Waals surface area contributed by atoms with Gasteiger partial charge >= 0.3 is 21.7 Å². The average molecular weight is 356 g/mol. The first-order valence-electron chi connectivity index (χ1n) is 3.76. The van der Waals surface area contributed by atoms with Gasteiger partial charge in [0.2, 0.25) is 0 Å². The minimum absolute atomic E-state index is 0. The minimum atomic E-state index is 0. The third kappa shape index (κ3) is 58.4. The second kappa shape index (κ2) is 23.4. The van der Waals surface area contributed by atoms with Crippen molar-refractivity contribution in [3.63, 3.8) is 0 Å².